The van der Waals surface area contributed by atoms with Crippen LogP contribution in [-0.2, 0) is 0 Å². The lowest BCUT2D eigenvalue weighted by Gasteiger charge is -2.09. The van der Waals surface area contributed by atoms with Gasteiger partial charge in [0.1, 0.15) is 5.75 Å². The first kappa shape index (κ1) is 10.5. The molecule has 1 nitrogen and oxygen atoms in total. The zero-order valence-electron chi connectivity index (χ0n) is 8.63. The number of thioether (sulfide) groups is 1. The van der Waals surface area contributed by atoms with Crippen molar-refractivity contribution in [2.75, 3.05) is 7.11 Å². The molecule has 0 amide bonds. The summed E-state index contributed by atoms with van der Waals surface area (Å²) in [6.07, 6.45) is 0. The van der Waals surface area contributed by atoms with Crippen molar-refractivity contribution >= 4 is 11.8 Å². The number of hydrogen-bond donors (Lipinski definition) is 0. The second kappa shape index (κ2) is 4.56. The van der Waals surface area contributed by atoms with E-state index in [1.807, 2.05) is 17.8 Å². The Morgan fingerprint density at radius 2 is 2.00 bits per heavy atom. The van der Waals surface area contributed by atoms with E-state index >= 15 is 0 Å². The number of benzene rings is 1. The quantitative estimate of drug-likeness (QED) is 0.684. The predicted molar refractivity (Wildman–Crippen MR) is 58.7 cm³/mol. The van der Waals surface area contributed by atoms with Gasteiger partial charge in [-0.2, -0.15) is 0 Å². The monoisotopic (exact) mass is 196 g/mol. The minimum Gasteiger partial charge on any atom is -0.497 e. The molecule has 0 saturated heterocycles. The molecule has 0 spiro atoms. The van der Waals surface area contributed by atoms with E-state index in [-0.39, 0.29) is 0 Å². The first-order chi connectivity index (χ1) is 6.13. The summed E-state index contributed by atoms with van der Waals surface area (Å²) in [5.74, 6) is 0.936. The summed E-state index contributed by atoms with van der Waals surface area (Å²) in [4.78, 5) is 1.34. The average molecular weight is 196 g/mol. The molecule has 0 atom stereocenters. The van der Waals surface area contributed by atoms with Gasteiger partial charge in [-0.25, -0.2) is 0 Å². The molecule has 0 bridgehead atoms. The van der Waals surface area contributed by atoms with Gasteiger partial charge >= 0.3 is 0 Å². The molecule has 13 heavy (non-hydrogen) atoms. The fraction of sp³-hybridized carbons (Fsp3) is 0.455. The molecular weight excluding hydrogens is 180 g/mol. The van der Waals surface area contributed by atoms with Crippen LogP contribution in [0, 0.1) is 6.92 Å². The van der Waals surface area contributed by atoms with Gasteiger partial charge in [-0.05, 0) is 30.7 Å². The molecule has 72 valence electrons. The molecule has 0 fully saturated rings. The molecule has 0 N–H and O–H groups in total. The number of methoxy groups -OCH3 is 1. The van der Waals surface area contributed by atoms with E-state index in [1.54, 1.807) is 7.11 Å². The number of aryl methyl sites for hydroxylation is 1. The van der Waals surface area contributed by atoms with Crippen LogP contribution in [0.15, 0.2) is 23.1 Å². The van der Waals surface area contributed by atoms with E-state index in [9.17, 15) is 0 Å². The third-order valence-electron chi connectivity index (χ3n) is 1.74. The molecule has 0 heterocycles. The second-order valence-corrected chi connectivity index (χ2v) is 4.92. The Morgan fingerprint density at radius 1 is 1.31 bits per heavy atom. The molecule has 0 aromatic heterocycles. The van der Waals surface area contributed by atoms with E-state index in [0.29, 0.717) is 5.25 Å². The molecule has 2 heteroatoms. The van der Waals surface area contributed by atoms with Crippen LogP contribution in [0.3, 0.4) is 0 Å². The van der Waals surface area contributed by atoms with Crippen LogP contribution < -0.4 is 4.74 Å². The fourth-order valence-corrected chi connectivity index (χ4v) is 2.03. The minimum absolute atomic E-state index is 0.632. The molecule has 0 unspecified atom stereocenters. The maximum atomic E-state index is 5.15. The highest BCUT2D eigenvalue weighted by Gasteiger charge is 2.02. The summed E-state index contributed by atoms with van der Waals surface area (Å²) in [6, 6.07) is 6.21. The van der Waals surface area contributed by atoms with Gasteiger partial charge < -0.3 is 4.74 Å². The van der Waals surface area contributed by atoms with E-state index < -0.39 is 0 Å². The average Bonchev–Trinajstić information content (AvgIpc) is 2.08. The molecule has 1 rings (SSSR count). The Labute approximate surface area is 84.5 Å². The summed E-state index contributed by atoms with van der Waals surface area (Å²) in [5, 5.41) is 0.632. The van der Waals surface area contributed by atoms with Gasteiger partial charge in [0.15, 0.2) is 0 Å². The van der Waals surface area contributed by atoms with Gasteiger partial charge in [0.2, 0.25) is 0 Å². The molecule has 1 aromatic rings. The number of ether oxygens (including phenoxy) is 1. The Bertz CT molecular complexity index is 281. The Hall–Kier alpha value is -0.630. The summed E-state index contributed by atoms with van der Waals surface area (Å²) < 4.78 is 5.15. The minimum atomic E-state index is 0.632. The third-order valence-corrected chi connectivity index (χ3v) is 2.93. The lowest BCUT2D eigenvalue weighted by molar-refractivity contribution is 0.414. The zero-order chi connectivity index (χ0) is 9.84. The molecule has 0 saturated carbocycles. The van der Waals surface area contributed by atoms with Crippen molar-refractivity contribution in [3.63, 3.8) is 0 Å². The van der Waals surface area contributed by atoms with E-state index in [2.05, 4.69) is 32.9 Å². The van der Waals surface area contributed by atoms with Gasteiger partial charge in [-0.1, -0.05) is 13.8 Å². The third kappa shape index (κ3) is 2.96. The van der Waals surface area contributed by atoms with Crippen LogP contribution >= 0.6 is 11.8 Å². The van der Waals surface area contributed by atoms with Gasteiger partial charge in [-0.15, -0.1) is 11.8 Å². The second-order valence-electron chi connectivity index (χ2n) is 3.30. The molecule has 0 aliphatic heterocycles. The zero-order valence-corrected chi connectivity index (χ0v) is 9.44. The Morgan fingerprint density at radius 3 is 2.46 bits per heavy atom. The van der Waals surface area contributed by atoms with Crippen molar-refractivity contribution < 1.29 is 4.74 Å². The summed E-state index contributed by atoms with van der Waals surface area (Å²) in [7, 11) is 1.70. The normalized spacial score (nSPS) is 10.5. The van der Waals surface area contributed by atoms with Crippen LogP contribution in [0.25, 0.3) is 0 Å². The number of hydrogen-bond acceptors (Lipinski definition) is 2. The molecular formula is C11H16OS. The molecule has 1 aromatic carbocycles. The highest BCUT2D eigenvalue weighted by molar-refractivity contribution is 8.00. The maximum Gasteiger partial charge on any atom is 0.119 e. The number of rotatable bonds is 3. The summed E-state index contributed by atoms with van der Waals surface area (Å²) in [6.45, 7) is 6.52. The van der Waals surface area contributed by atoms with Crippen LogP contribution in [-0.4, -0.2) is 12.4 Å². The van der Waals surface area contributed by atoms with Crippen molar-refractivity contribution in [3.8, 4) is 5.75 Å². The first-order valence-electron chi connectivity index (χ1n) is 4.44. The first-order valence-corrected chi connectivity index (χ1v) is 5.32. The smallest absolute Gasteiger partial charge is 0.119 e. The highest BCUT2D eigenvalue weighted by atomic mass is 32.2. The van der Waals surface area contributed by atoms with Crippen LogP contribution in [0.1, 0.15) is 19.4 Å². The van der Waals surface area contributed by atoms with Crippen molar-refractivity contribution in [1.82, 2.24) is 0 Å². The Kier molecular flexibility index (Phi) is 3.67. The van der Waals surface area contributed by atoms with Gasteiger partial charge in [-0.3, -0.25) is 0 Å². The molecule has 0 aliphatic rings. The molecule has 0 aliphatic carbocycles. The van der Waals surface area contributed by atoms with Gasteiger partial charge in [0.25, 0.3) is 0 Å². The van der Waals surface area contributed by atoms with E-state index in [4.69, 9.17) is 4.74 Å². The van der Waals surface area contributed by atoms with Crippen LogP contribution in [0.4, 0.5) is 0 Å². The lowest BCUT2D eigenvalue weighted by Crippen LogP contribution is -1.90. The topological polar surface area (TPSA) is 9.23 Å². The lowest BCUT2D eigenvalue weighted by atomic mass is 10.2. The van der Waals surface area contributed by atoms with Crippen LogP contribution in [0.2, 0.25) is 0 Å². The van der Waals surface area contributed by atoms with E-state index in [1.165, 1.54) is 10.5 Å². The SMILES string of the molecule is COc1ccc(SC(C)C)c(C)c1. The predicted octanol–water partition coefficient (Wildman–Crippen LogP) is 3.50. The van der Waals surface area contributed by atoms with Crippen molar-refractivity contribution in [3.05, 3.63) is 23.8 Å². The summed E-state index contributed by atoms with van der Waals surface area (Å²) in [5.41, 5.74) is 1.29. The van der Waals surface area contributed by atoms with Crippen molar-refractivity contribution in [1.29, 1.82) is 0 Å². The van der Waals surface area contributed by atoms with Crippen molar-refractivity contribution in [2.45, 2.75) is 30.9 Å². The van der Waals surface area contributed by atoms with Gasteiger partial charge in [0.05, 0.1) is 7.11 Å². The highest BCUT2D eigenvalue weighted by Crippen LogP contribution is 2.28. The molecule has 0 radical (unpaired) electrons. The largest absolute Gasteiger partial charge is 0.497 e. The van der Waals surface area contributed by atoms with Crippen molar-refractivity contribution in [2.24, 2.45) is 0 Å². The Balaban J connectivity index is 2.85. The van der Waals surface area contributed by atoms with Crippen LogP contribution in [0.5, 0.6) is 5.75 Å². The standard InChI is InChI=1S/C11H16OS/c1-8(2)13-11-6-5-10(12-4)7-9(11)3/h5-8H,1-4H3. The fourth-order valence-electron chi connectivity index (χ4n) is 1.14. The van der Waals surface area contributed by atoms with Gasteiger partial charge in [0, 0.05) is 10.1 Å². The maximum absolute atomic E-state index is 5.15. The summed E-state index contributed by atoms with van der Waals surface area (Å²) >= 11 is 1.89. The van der Waals surface area contributed by atoms with E-state index in [0.717, 1.165) is 5.75 Å².